The Morgan fingerprint density at radius 3 is 2.10 bits per heavy atom. The molecule has 0 amide bonds. The lowest BCUT2D eigenvalue weighted by atomic mass is 10.1. The van der Waals surface area contributed by atoms with E-state index >= 15 is 0 Å². The molecule has 0 aliphatic carbocycles. The van der Waals surface area contributed by atoms with Gasteiger partial charge in [0.1, 0.15) is 12.1 Å². The number of hydrogen-bond donors (Lipinski definition) is 3. The number of hydrogen-bond acceptors (Lipinski definition) is 2. The van der Waals surface area contributed by atoms with Crippen LogP contribution in [0.2, 0.25) is 0 Å². The molecule has 0 bridgehead atoms. The molecule has 3 heteroatoms. The SMILES string of the molecule is CCCCCCCCC/C=C\CC/C=C/[C@@H](O)[C@@H]([NH3+])CO. The van der Waals surface area contributed by atoms with Crippen molar-refractivity contribution in [2.75, 3.05) is 6.61 Å². The highest BCUT2D eigenvalue weighted by Crippen LogP contribution is 2.08. The van der Waals surface area contributed by atoms with Gasteiger partial charge in [0.2, 0.25) is 0 Å². The fourth-order valence-corrected chi connectivity index (χ4v) is 2.15. The third kappa shape index (κ3) is 14.1. The highest BCUT2D eigenvalue weighted by atomic mass is 16.3. The number of rotatable bonds is 14. The first-order valence-corrected chi connectivity index (χ1v) is 8.66. The van der Waals surface area contributed by atoms with E-state index < -0.39 is 6.10 Å². The maximum absolute atomic E-state index is 9.57. The molecule has 0 aromatic rings. The molecule has 2 atom stereocenters. The van der Waals surface area contributed by atoms with Crippen LogP contribution in [0.4, 0.5) is 0 Å². The molecule has 124 valence electrons. The zero-order valence-electron chi connectivity index (χ0n) is 13.8. The summed E-state index contributed by atoms with van der Waals surface area (Å²) in [5.74, 6) is 0. The zero-order valence-corrected chi connectivity index (χ0v) is 13.8. The summed E-state index contributed by atoms with van der Waals surface area (Å²) in [6.45, 7) is 2.18. The van der Waals surface area contributed by atoms with E-state index in [0.717, 1.165) is 12.8 Å². The first-order valence-electron chi connectivity index (χ1n) is 8.66. The van der Waals surface area contributed by atoms with Crippen molar-refractivity contribution in [1.82, 2.24) is 0 Å². The number of aliphatic hydroxyl groups excluding tert-OH is 2. The lowest BCUT2D eigenvalue weighted by Gasteiger charge is -2.08. The van der Waals surface area contributed by atoms with Gasteiger partial charge in [-0.25, -0.2) is 0 Å². The molecule has 0 saturated heterocycles. The van der Waals surface area contributed by atoms with E-state index in [1.807, 2.05) is 6.08 Å². The minimum Gasteiger partial charge on any atom is -0.390 e. The van der Waals surface area contributed by atoms with Crippen LogP contribution in [0.1, 0.15) is 71.1 Å². The standard InChI is InChI=1S/C18H35NO2/c1-2-3-4-5-6-7-8-9-10-11-12-13-14-15-18(21)17(19)16-20/h10-11,14-15,17-18,20-21H,2-9,12-13,16,19H2,1H3/p+1/b11-10-,15-14+/t17-,18+/m0/s1. The van der Waals surface area contributed by atoms with Crippen molar-refractivity contribution in [1.29, 1.82) is 0 Å². The Hall–Kier alpha value is -0.640. The first kappa shape index (κ1) is 20.4. The van der Waals surface area contributed by atoms with Gasteiger partial charge in [0.05, 0.1) is 6.61 Å². The van der Waals surface area contributed by atoms with E-state index in [1.54, 1.807) is 6.08 Å². The van der Waals surface area contributed by atoms with Gasteiger partial charge in [0.25, 0.3) is 0 Å². The molecule has 0 aromatic carbocycles. The molecule has 0 heterocycles. The Morgan fingerprint density at radius 1 is 0.857 bits per heavy atom. The van der Waals surface area contributed by atoms with Gasteiger partial charge in [-0.1, -0.05) is 69.8 Å². The van der Waals surface area contributed by atoms with Crippen molar-refractivity contribution in [3.05, 3.63) is 24.3 Å². The summed E-state index contributed by atoms with van der Waals surface area (Å²) in [6.07, 6.45) is 20.2. The van der Waals surface area contributed by atoms with Crippen molar-refractivity contribution in [3.8, 4) is 0 Å². The maximum Gasteiger partial charge on any atom is 0.138 e. The van der Waals surface area contributed by atoms with E-state index in [9.17, 15) is 5.11 Å². The summed E-state index contributed by atoms with van der Waals surface area (Å²) >= 11 is 0. The van der Waals surface area contributed by atoms with Crippen molar-refractivity contribution < 1.29 is 15.9 Å². The molecule has 21 heavy (non-hydrogen) atoms. The summed E-state index contributed by atoms with van der Waals surface area (Å²) in [5, 5.41) is 18.4. The van der Waals surface area contributed by atoms with Crippen LogP contribution in [-0.2, 0) is 0 Å². The van der Waals surface area contributed by atoms with Crippen LogP contribution in [-0.4, -0.2) is 29.0 Å². The molecule has 0 aliphatic rings. The van der Waals surface area contributed by atoms with E-state index in [-0.39, 0.29) is 12.6 Å². The molecular formula is C18H36NO2+. The average Bonchev–Trinajstić information content (AvgIpc) is 2.50. The van der Waals surface area contributed by atoms with Gasteiger partial charge in [0, 0.05) is 0 Å². The van der Waals surface area contributed by atoms with E-state index in [2.05, 4.69) is 24.8 Å². The molecule has 0 fully saturated rings. The van der Waals surface area contributed by atoms with E-state index in [1.165, 1.54) is 51.4 Å². The number of quaternary nitrogens is 1. The largest absolute Gasteiger partial charge is 0.390 e. The number of unbranched alkanes of at least 4 members (excludes halogenated alkanes) is 8. The Bertz CT molecular complexity index is 264. The van der Waals surface area contributed by atoms with Crippen molar-refractivity contribution in [3.63, 3.8) is 0 Å². The smallest absolute Gasteiger partial charge is 0.138 e. The third-order valence-corrected chi connectivity index (χ3v) is 3.69. The van der Waals surface area contributed by atoms with Crippen LogP contribution >= 0.6 is 0 Å². The fraction of sp³-hybridized carbons (Fsp3) is 0.778. The molecule has 0 aliphatic heterocycles. The molecule has 5 N–H and O–H groups in total. The Kier molecular flexibility index (Phi) is 15.3. The number of allylic oxidation sites excluding steroid dienone is 3. The lowest BCUT2D eigenvalue weighted by Crippen LogP contribution is -2.67. The van der Waals surface area contributed by atoms with Crippen LogP contribution < -0.4 is 5.73 Å². The quantitative estimate of drug-likeness (QED) is 0.341. The third-order valence-electron chi connectivity index (χ3n) is 3.69. The van der Waals surface area contributed by atoms with Crippen LogP contribution in [0.25, 0.3) is 0 Å². The van der Waals surface area contributed by atoms with Crippen LogP contribution in [0.15, 0.2) is 24.3 Å². The minimum absolute atomic E-state index is 0.0795. The monoisotopic (exact) mass is 298 g/mol. The molecule has 0 aromatic heterocycles. The van der Waals surface area contributed by atoms with Gasteiger partial charge in [-0.2, -0.15) is 0 Å². The molecule has 3 nitrogen and oxygen atoms in total. The second-order valence-corrected chi connectivity index (χ2v) is 5.82. The predicted molar refractivity (Wildman–Crippen MR) is 89.9 cm³/mol. The summed E-state index contributed by atoms with van der Waals surface area (Å²) in [5.41, 5.74) is 3.67. The molecular weight excluding hydrogens is 262 g/mol. The van der Waals surface area contributed by atoms with Crippen LogP contribution in [0.5, 0.6) is 0 Å². The summed E-state index contributed by atoms with van der Waals surface area (Å²) in [7, 11) is 0. The predicted octanol–water partition coefficient (Wildman–Crippen LogP) is 2.98. The summed E-state index contributed by atoms with van der Waals surface area (Å²) in [6, 6.07) is -0.325. The molecule has 0 saturated carbocycles. The molecule has 0 radical (unpaired) electrons. The Labute approximate surface area is 130 Å². The first-order chi connectivity index (χ1) is 10.2. The summed E-state index contributed by atoms with van der Waals surface area (Å²) in [4.78, 5) is 0. The van der Waals surface area contributed by atoms with Crippen molar-refractivity contribution >= 4 is 0 Å². The second kappa shape index (κ2) is 15.7. The minimum atomic E-state index is -0.633. The lowest BCUT2D eigenvalue weighted by molar-refractivity contribution is -0.438. The average molecular weight is 298 g/mol. The van der Waals surface area contributed by atoms with Crippen molar-refractivity contribution in [2.45, 2.75) is 83.3 Å². The van der Waals surface area contributed by atoms with E-state index in [0.29, 0.717) is 0 Å². The van der Waals surface area contributed by atoms with E-state index in [4.69, 9.17) is 5.11 Å². The van der Waals surface area contributed by atoms with Crippen LogP contribution in [0, 0.1) is 0 Å². The van der Waals surface area contributed by atoms with Gasteiger partial charge in [-0.15, -0.1) is 0 Å². The summed E-state index contributed by atoms with van der Waals surface area (Å²) < 4.78 is 0. The van der Waals surface area contributed by atoms with Crippen LogP contribution in [0.3, 0.4) is 0 Å². The Balaban J connectivity index is 3.35. The topological polar surface area (TPSA) is 68.1 Å². The highest BCUT2D eigenvalue weighted by molar-refractivity contribution is 4.93. The van der Waals surface area contributed by atoms with Gasteiger partial charge in [0.15, 0.2) is 0 Å². The normalized spacial score (nSPS) is 15.0. The van der Waals surface area contributed by atoms with Gasteiger partial charge >= 0.3 is 0 Å². The van der Waals surface area contributed by atoms with Gasteiger partial charge in [-0.05, 0) is 25.7 Å². The Morgan fingerprint density at radius 2 is 1.43 bits per heavy atom. The van der Waals surface area contributed by atoms with Gasteiger partial charge in [-0.3, -0.25) is 0 Å². The fourth-order valence-electron chi connectivity index (χ4n) is 2.15. The molecule has 0 spiro atoms. The highest BCUT2D eigenvalue weighted by Gasteiger charge is 2.12. The molecule has 0 unspecified atom stereocenters. The zero-order chi connectivity index (χ0) is 15.8. The molecule has 0 rings (SSSR count). The number of aliphatic hydroxyl groups is 2. The second-order valence-electron chi connectivity index (χ2n) is 5.82. The van der Waals surface area contributed by atoms with Crippen molar-refractivity contribution in [2.24, 2.45) is 0 Å². The van der Waals surface area contributed by atoms with Gasteiger partial charge < -0.3 is 15.9 Å². The maximum atomic E-state index is 9.57.